The van der Waals surface area contributed by atoms with Gasteiger partial charge in [0, 0.05) is 74.9 Å². The standard InChI is InChI=1S/C24H26BrClN6O3/c25-17-3-5-18(6-4-17)28-23(34)32-10-7-24(8-11-32)16-20(29-35-24)22(33)31-14-12-30(13-15-31)21-19(26)2-1-9-27-21/h1-6,9H,7-8,10-16H2,(H,28,34). The highest BCUT2D eigenvalue weighted by molar-refractivity contribution is 9.10. The number of urea groups is 1. The number of oxime groups is 1. The molecule has 3 aliphatic rings. The fraction of sp³-hybridized carbons (Fsp3) is 0.417. The van der Waals surface area contributed by atoms with Crippen LogP contribution in [0, 0.1) is 0 Å². The van der Waals surface area contributed by atoms with Gasteiger partial charge >= 0.3 is 6.03 Å². The largest absolute Gasteiger partial charge is 0.388 e. The Kier molecular flexibility index (Phi) is 6.84. The topological polar surface area (TPSA) is 90.4 Å². The summed E-state index contributed by atoms with van der Waals surface area (Å²) < 4.78 is 0.957. The molecule has 2 saturated heterocycles. The average Bonchev–Trinajstić information content (AvgIpc) is 3.29. The molecular formula is C24H26BrClN6O3. The van der Waals surface area contributed by atoms with E-state index < -0.39 is 5.60 Å². The van der Waals surface area contributed by atoms with Crippen molar-refractivity contribution in [2.75, 3.05) is 49.5 Å². The smallest absolute Gasteiger partial charge is 0.321 e. The minimum atomic E-state index is -0.511. The van der Waals surface area contributed by atoms with Gasteiger partial charge in [0.2, 0.25) is 0 Å². The van der Waals surface area contributed by atoms with Crippen LogP contribution in [-0.2, 0) is 9.63 Å². The molecule has 11 heteroatoms. The summed E-state index contributed by atoms with van der Waals surface area (Å²) in [5, 5.41) is 7.72. The molecule has 0 atom stereocenters. The first-order valence-corrected chi connectivity index (χ1v) is 12.8. The Morgan fingerprint density at radius 3 is 2.40 bits per heavy atom. The molecule has 4 heterocycles. The molecule has 0 radical (unpaired) electrons. The van der Waals surface area contributed by atoms with Crippen molar-refractivity contribution >= 4 is 56.7 Å². The summed E-state index contributed by atoms with van der Waals surface area (Å²) in [6, 6.07) is 11.0. The highest BCUT2D eigenvalue weighted by Gasteiger charge is 2.45. The van der Waals surface area contributed by atoms with E-state index in [0.29, 0.717) is 69.3 Å². The molecule has 1 aromatic heterocycles. The molecule has 9 nitrogen and oxygen atoms in total. The summed E-state index contributed by atoms with van der Waals surface area (Å²) >= 11 is 9.66. The summed E-state index contributed by atoms with van der Waals surface area (Å²) in [7, 11) is 0. The highest BCUT2D eigenvalue weighted by atomic mass is 79.9. The van der Waals surface area contributed by atoms with Gasteiger partial charge in [0.05, 0.1) is 5.02 Å². The number of aromatic nitrogens is 1. The number of carbonyl (C=O) groups is 2. The zero-order valence-electron chi connectivity index (χ0n) is 19.1. The van der Waals surface area contributed by atoms with Crippen LogP contribution < -0.4 is 10.2 Å². The van der Waals surface area contributed by atoms with Gasteiger partial charge in [0.15, 0.2) is 0 Å². The lowest BCUT2D eigenvalue weighted by atomic mass is 9.86. The maximum Gasteiger partial charge on any atom is 0.321 e. The van der Waals surface area contributed by atoms with E-state index in [4.69, 9.17) is 16.4 Å². The Morgan fingerprint density at radius 1 is 1.00 bits per heavy atom. The summed E-state index contributed by atoms with van der Waals surface area (Å²) in [6.07, 6.45) is 3.46. The van der Waals surface area contributed by atoms with Crippen LogP contribution in [-0.4, -0.2) is 77.3 Å². The average molecular weight is 562 g/mol. The first kappa shape index (κ1) is 23.9. The molecule has 2 aromatic rings. The van der Waals surface area contributed by atoms with Gasteiger partial charge in [-0.3, -0.25) is 4.79 Å². The van der Waals surface area contributed by atoms with Crippen molar-refractivity contribution in [1.29, 1.82) is 0 Å². The number of anilines is 2. The van der Waals surface area contributed by atoms with E-state index in [2.05, 4.69) is 36.3 Å². The van der Waals surface area contributed by atoms with Crippen LogP contribution in [0.25, 0.3) is 0 Å². The molecule has 3 aliphatic heterocycles. The van der Waals surface area contributed by atoms with E-state index in [1.807, 2.05) is 35.2 Å². The third-order valence-electron chi connectivity index (χ3n) is 6.75. The molecule has 3 amide bonds. The highest BCUT2D eigenvalue weighted by Crippen LogP contribution is 2.35. The molecule has 0 bridgehead atoms. The number of halogens is 2. The molecule has 0 saturated carbocycles. The minimum Gasteiger partial charge on any atom is -0.388 e. The molecule has 35 heavy (non-hydrogen) atoms. The van der Waals surface area contributed by atoms with Gasteiger partial charge in [-0.25, -0.2) is 9.78 Å². The van der Waals surface area contributed by atoms with Gasteiger partial charge < -0.3 is 24.9 Å². The fourth-order valence-electron chi connectivity index (χ4n) is 4.67. The molecule has 0 aliphatic carbocycles. The maximum atomic E-state index is 13.1. The monoisotopic (exact) mass is 560 g/mol. The van der Waals surface area contributed by atoms with E-state index in [-0.39, 0.29) is 11.9 Å². The lowest BCUT2D eigenvalue weighted by Crippen LogP contribution is -2.52. The molecule has 0 unspecified atom stereocenters. The number of piperidine rings is 1. The molecule has 1 aromatic carbocycles. The second-order valence-corrected chi connectivity index (χ2v) is 10.3. The van der Waals surface area contributed by atoms with Gasteiger partial charge in [-0.15, -0.1) is 0 Å². The van der Waals surface area contributed by atoms with Crippen LogP contribution in [0.5, 0.6) is 0 Å². The van der Waals surface area contributed by atoms with E-state index in [9.17, 15) is 9.59 Å². The second kappa shape index (κ2) is 10.0. The van der Waals surface area contributed by atoms with Gasteiger partial charge in [-0.2, -0.15) is 0 Å². The first-order chi connectivity index (χ1) is 16.9. The Hall–Kier alpha value is -2.85. The summed E-state index contributed by atoms with van der Waals surface area (Å²) in [5.41, 5.74) is 0.696. The zero-order chi connectivity index (χ0) is 24.4. The zero-order valence-corrected chi connectivity index (χ0v) is 21.5. The van der Waals surface area contributed by atoms with Crippen LogP contribution in [0.3, 0.4) is 0 Å². The van der Waals surface area contributed by atoms with Gasteiger partial charge in [-0.1, -0.05) is 32.7 Å². The number of pyridine rings is 1. The number of hydrogen-bond acceptors (Lipinski definition) is 6. The molecular weight excluding hydrogens is 536 g/mol. The van der Waals surface area contributed by atoms with Crippen molar-refractivity contribution in [2.45, 2.75) is 24.9 Å². The number of carbonyl (C=O) groups excluding carboxylic acids is 2. The Balaban J connectivity index is 1.10. The number of likely N-dealkylation sites (tertiary alicyclic amines) is 1. The van der Waals surface area contributed by atoms with Crippen molar-refractivity contribution in [3.05, 3.63) is 52.1 Å². The summed E-state index contributed by atoms with van der Waals surface area (Å²) in [5.74, 6) is 0.668. The van der Waals surface area contributed by atoms with E-state index in [1.165, 1.54) is 0 Å². The van der Waals surface area contributed by atoms with Crippen molar-refractivity contribution in [1.82, 2.24) is 14.8 Å². The summed E-state index contributed by atoms with van der Waals surface area (Å²) in [4.78, 5) is 41.6. The summed E-state index contributed by atoms with van der Waals surface area (Å²) in [6.45, 7) is 3.55. The normalized spacial score (nSPS) is 19.4. The second-order valence-electron chi connectivity index (χ2n) is 9.00. The van der Waals surface area contributed by atoms with Gasteiger partial charge in [-0.05, 0) is 36.4 Å². The third-order valence-corrected chi connectivity index (χ3v) is 7.57. The first-order valence-electron chi connectivity index (χ1n) is 11.6. The van der Waals surface area contributed by atoms with Crippen LogP contribution in [0.15, 0.2) is 52.2 Å². The van der Waals surface area contributed by atoms with Crippen molar-refractivity contribution in [3.63, 3.8) is 0 Å². The van der Waals surface area contributed by atoms with Crippen LogP contribution in [0.4, 0.5) is 16.3 Å². The quantitative estimate of drug-likeness (QED) is 0.612. The van der Waals surface area contributed by atoms with Crippen LogP contribution >= 0.6 is 27.5 Å². The van der Waals surface area contributed by atoms with Crippen molar-refractivity contribution in [2.24, 2.45) is 5.16 Å². The predicted molar refractivity (Wildman–Crippen MR) is 138 cm³/mol. The lowest BCUT2D eigenvalue weighted by Gasteiger charge is -2.37. The number of nitrogens with one attached hydrogen (secondary N) is 1. The van der Waals surface area contributed by atoms with Crippen LogP contribution in [0.2, 0.25) is 5.02 Å². The fourth-order valence-corrected chi connectivity index (χ4v) is 5.18. The minimum absolute atomic E-state index is 0.0796. The molecule has 1 N–H and O–H groups in total. The van der Waals surface area contributed by atoms with Crippen molar-refractivity contribution < 1.29 is 14.4 Å². The number of piperazine rings is 1. The number of nitrogens with zero attached hydrogens (tertiary/aromatic N) is 5. The van der Waals surface area contributed by atoms with E-state index >= 15 is 0 Å². The Labute approximate surface area is 217 Å². The Morgan fingerprint density at radius 2 is 1.71 bits per heavy atom. The lowest BCUT2D eigenvalue weighted by molar-refractivity contribution is -0.124. The van der Waals surface area contributed by atoms with E-state index in [1.54, 1.807) is 17.2 Å². The number of amides is 3. The molecule has 2 fully saturated rings. The molecule has 184 valence electrons. The molecule has 5 rings (SSSR count). The predicted octanol–water partition coefficient (Wildman–Crippen LogP) is 3.99. The number of hydrogen-bond donors (Lipinski definition) is 1. The molecule has 1 spiro atoms. The SMILES string of the molecule is O=C(Nc1ccc(Br)cc1)N1CCC2(CC1)CC(C(=O)N1CCN(c3ncccc3Cl)CC1)=NO2. The van der Waals surface area contributed by atoms with Gasteiger partial charge in [0.1, 0.15) is 17.1 Å². The Bertz CT molecular complexity index is 1130. The van der Waals surface area contributed by atoms with Gasteiger partial charge in [0.25, 0.3) is 5.91 Å². The van der Waals surface area contributed by atoms with Crippen LogP contribution in [0.1, 0.15) is 19.3 Å². The third kappa shape index (κ3) is 5.23. The maximum absolute atomic E-state index is 13.1. The van der Waals surface area contributed by atoms with Crippen molar-refractivity contribution in [3.8, 4) is 0 Å². The number of rotatable bonds is 3. The number of benzene rings is 1. The van der Waals surface area contributed by atoms with E-state index in [0.717, 1.165) is 16.0 Å².